The zero-order chi connectivity index (χ0) is 22.2. The molecule has 3 heterocycles. The number of nitrogens with zero attached hydrogens (tertiary/aromatic N) is 3. The van der Waals surface area contributed by atoms with E-state index in [0.29, 0.717) is 36.9 Å². The first-order valence-electron chi connectivity index (χ1n) is 10.2. The molecule has 0 unspecified atom stereocenters. The topological polar surface area (TPSA) is 98.2 Å². The number of sulfonamides is 1. The maximum Gasteiger partial charge on any atom is 0.252 e. The van der Waals surface area contributed by atoms with Crippen LogP contribution in [0.5, 0.6) is 5.75 Å². The molecular weight excluding hydrogens is 458 g/mol. The van der Waals surface area contributed by atoms with E-state index in [-0.39, 0.29) is 29.3 Å². The standard InChI is InChI=1S/C20H27N3O5S3/c1-16-15-30(25,26)12-10-21(16)13-18-14-22(31(27,28)20-3-2-11-29-20)8-9-23(18)17-4-6-19(24)7-5-17/h2-7,11,16,18,24H,8-10,12-15H2,1H3/t16-,18-/m0/s1. The van der Waals surface area contributed by atoms with Crippen molar-refractivity contribution in [2.75, 3.05) is 49.1 Å². The van der Waals surface area contributed by atoms with Gasteiger partial charge < -0.3 is 10.0 Å². The van der Waals surface area contributed by atoms with Crippen LogP contribution in [0, 0.1) is 0 Å². The molecule has 1 aromatic heterocycles. The van der Waals surface area contributed by atoms with Crippen LogP contribution in [0.15, 0.2) is 46.0 Å². The normalized spacial score (nSPS) is 25.5. The molecule has 0 bridgehead atoms. The summed E-state index contributed by atoms with van der Waals surface area (Å²) in [5.74, 6) is 0.422. The average molecular weight is 486 g/mol. The van der Waals surface area contributed by atoms with Gasteiger partial charge in [-0.2, -0.15) is 4.31 Å². The van der Waals surface area contributed by atoms with E-state index in [2.05, 4.69) is 9.80 Å². The number of anilines is 1. The number of sulfone groups is 1. The van der Waals surface area contributed by atoms with Gasteiger partial charge in [-0.25, -0.2) is 16.8 Å². The molecule has 1 N–H and O–H groups in total. The first-order valence-corrected chi connectivity index (χ1v) is 14.3. The molecule has 11 heteroatoms. The summed E-state index contributed by atoms with van der Waals surface area (Å²) in [6.45, 7) is 4.11. The highest BCUT2D eigenvalue weighted by atomic mass is 32.2. The summed E-state index contributed by atoms with van der Waals surface area (Å²) in [5.41, 5.74) is 0.910. The summed E-state index contributed by atoms with van der Waals surface area (Å²) >= 11 is 1.21. The van der Waals surface area contributed by atoms with Crippen molar-refractivity contribution < 1.29 is 21.9 Å². The number of aromatic hydroxyl groups is 1. The first kappa shape index (κ1) is 22.5. The highest BCUT2D eigenvalue weighted by Gasteiger charge is 2.37. The van der Waals surface area contributed by atoms with Gasteiger partial charge in [0.2, 0.25) is 0 Å². The maximum atomic E-state index is 13.1. The van der Waals surface area contributed by atoms with E-state index < -0.39 is 19.9 Å². The average Bonchev–Trinajstić information content (AvgIpc) is 3.26. The minimum Gasteiger partial charge on any atom is -0.508 e. The Kier molecular flexibility index (Phi) is 6.32. The smallest absolute Gasteiger partial charge is 0.252 e. The molecule has 0 amide bonds. The highest BCUT2D eigenvalue weighted by molar-refractivity contribution is 7.91. The molecule has 0 spiro atoms. The van der Waals surface area contributed by atoms with E-state index >= 15 is 0 Å². The van der Waals surface area contributed by atoms with Crippen molar-refractivity contribution in [3.05, 3.63) is 41.8 Å². The third kappa shape index (κ3) is 4.90. The van der Waals surface area contributed by atoms with Crippen LogP contribution in [0.4, 0.5) is 5.69 Å². The van der Waals surface area contributed by atoms with Gasteiger partial charge in [0, 0.05) is 44.5 Å². The molecule has 4 rings (SSSR count). The lowest BCUT2D eigenvalue weighted by atomic mass is 10.1. The predicted molar refractivity (Wildman–Crippen MR) is 122 cm³/mol. The van der Waals surface area contributed by atoms with Crippen molar-refractivity contribution in [2.45, 2.75) is 23.2 Å². The van der Waals surface area contributed by atoms with Crippen LogP contribution in [-0.4, -0.2) is 87.5 Å². The first-order chi connectivity index (χ1) is 14.7. The summed E-state index contributed by atoms with van der Waals surface area (Å²) in [6.07, 6.45) is 0. The number of hydrogen-bond donors (Lipinski definition) is 1. The largest absolute Gasteiger partial charge is 0.508 e. The zero-order valence-corrected chi connectivity index (χ0v) is 19.7. The van der Waals surface area contributed by atoms with E-state index in [1.807, 2.05) is 19.1 Å². The summed E-state index contributed by atoms with van der Waals surface area (Å²) in [6, 6.07) is 10.00. The molecule has 1 aromatic carbocycles. The SMILES string of the molecule is C[C@H]1CS(=O)(=O)CCN1C[C@H]1CN(S(=O)(=O)c2cccs2)CCN1c1ccc(O)cc1. The Bertz CT molecular complexity index is 1100. The Hall–Kier alpha value is -1.66. The van der Waals surface area contributed by atoms with Crippen LogP contribution in [0.3, 0.4) is 0 Å². The Morgan fingerprint density at radius 3 is 2.52 bits per heavy atom. The third-order valence-electron chi connectivity index (χ3n) is 5.97. The molecule has 2 atom stereocenters. The molecule has 2 fully saturated rings. The lowest BCUT2D eigenvalue weighted by Crippen LogP contribution is -2.60. The van der Waals surface area contributed by atoms with Crippen molar-refractivity contribution in [1.82, 2.24) is 9.21 Å². The Balaban J connectivity index is 1.59. The number of piperazine rings is 1. The van der Waals surface area contributed by atoms with Gasteiger partial charge >= 0.3 is 0 Å². The molecule has 0 aliphatic carbocycles. The number of thiophene rings is 1. The van der Waals surface area contributed by atoms with E-state index in [1.54, 1.807) is 29.6 Å². The molecule has 170 valence electrons. The van der Waals surface area contributed by atoms with E-state index in [4.69, 9.17) is 0 Å². The number of hydrogen-bond acceptors (Lipinski definition) is 8. The van der Waals surface area contributed by atoms with Crippen LogP contribution in [-0.2, 0) is 19.9 Å². The zero-order valence-electron chi connectivity index (χ0n) is 17.3. The quantitative estimate of drug-likeness (QED) is 0.685. The van der Waals surface area contributed by atoms with Crippen molar-refractivity contribution in [3.8, 4) is 5.75 Å². The van der Waals surface area contributed by atoms with Crippen molar-refractivity contribution in [3.63, 3.8) is 0 Å². The second-order valence-electron chi connectivity index (χ2n) is 8.12. The number of rotatable bonds is 5. The van der Waals surface area contributed by atoms with Gasteiger partial charge in [-0.05, 0) is 42.6 Å². The fourth-order valence-electron chi connectivity index (χ4n) is 4.30. The number of benzene rings is 1. The third-order valence-corrected chi connectivity index (χ3v) is 11.0. The molecule has 8 nitrogen and oxygen atoms in total. The van der Waals surface area contributed by atoms with Crippen LogP contribution in [0.2, 0.25) is 0 Å². The van der Waals surface area contributed by atoms with Crippen LogP contribution in [0.1, 0.15) is 6.92 Å². The molecule has 0 saturated carbocycles. The minimum absolute atomic E-state index is 0.121. The lowest BCUT2D eigenvalue weighted by molar-refractivity contribution is 0.190. The molecule has 0 radical (unpaired) electrons. The van der Waals surface area contributed by atoms with Gasteiger partial charge in [0.15, 0.2) is 9.84 Å². The fraction of sp³-hybridized carbons (Fsp3) is 0.500. The Morgan fingerprint density at radius 2 is 1.87 bits per heavy atom. The maximum absolute atomic E-state index is 13.1. The molecule has 2 aliphatic heterocycles. The highest BCUT2D eigenvalue weighted by Crippen LogP contribution is 2.28. The van der Waals surface area contributed by atoms with E-state index in [1.165, 1.54) is 15.6 Å². The van der Waals surface area contributed by atoms with Crippen molar-refractivity contribution in [2.24, 2.45) is 0 Å². The van der Waals surface area contributed by atoms with Crippen LogP contribution in [0.25, 0.3) is 0 Å². The predicted octanol–water partition coefficient (Wildman–Crippen LogP) is 1.45. The number of phenolic OH excluding ortho intramolecular Hbond substituents is 1. The van der Waals surface area contributed by atoms with Crippen LogP contribution < -0.4 is 4.90 Å². The van der Waals surface area contributed by atoms with Crippen molar-refractivity contribution >= 4 is 36.9 Å². The van der Waals surface area contributed by atoms with E-state index in [0.717, 1.165) is 5.69 Å². The molecule has 2 aromatic rings. The second kappa shape index (κ2) is 8.70. The van der Waals surface area contributed by atoms with Gasteiger partial charge in [0.25, 0.3) is 10.0 Å². The van der Waals surface area contributed by atoms with Crippen molar-refractivity contribution in [1.29, 1.82) is 0 Å². The molecule has 2 aliphatic rings. The van der Waals surface area contributed by atoms with Crippen LogP contribution >= 0.6 is 11.3 Å². The van der Waals surface area contributed by atoms with Gasteiger partial charge in [0.1, 0.15) is 9.96 Å². The summed E-state index contributed by atoms with van der Waals surface area (Å²) < 4.78 is 52.1. The monoisotopic (exact) mass is 485 g/mol. The van der Waals surface area contributed by atoms with Gasteiger partial charge in [0.05, 0.1) is 17.5 Å². The Morgan fingerprint density at radius 1 is 1.13 bits per heavy atom. The van der Waals surface area contributed by atoms with E-state index in [9.17, 15) is 21.9 Å². The van der Waals surface area contributed by atoms with Gasteiger partial charge in [-0.3, -0.25) is 4.90 Å². The lowest BCUT2D eigenvalue weighted by Gasteiger charge is -2.45. The summed E-state index contributed by atoms with van der Waals surface area (Å²) in [4.78, 5) is 4.30. The summed E-state index contributed by atoms with van der Waals surface area (Å²) in [7, 11) is -6.59. The second-order valence-corrected chi connectivity index (χ2v) is 13.5. The Labute approximate surface area is 187 Å². The van der Waals surface area contributed by atoms with Gasteiger partial charge in [-0.1, -0.05) is 6.07 Å². The van der Waals surface area contributed by atoms with Gasteiger partial charge in [-0.15, -0.1) is 11.3 Å². The minimum atomic E-state index is -3.57. The summed E-state index contributed by atoms with van der Waals surface area (Å²) in [5, 5.41) is 11.4. The molecule has 31 heavy (non-hydrogen) atoms. The molecular formula is C20H27N3O5S3. The molecule has 2 saturated heterocycles. The number of phenols is 1. The fourth-order valence-corrected chi connectivity index (χ4v) is 8.54.